The first-order valence-corrected chi connectivity index (χ1v) is 7.92. The second-order valence-corrected chi connectivity index (χ2v) is 6.14. The zero-order valence-electron chi connectivity index (χ0n) is 12.6. The first kappa shape index (κ1) is 12.9. The standard InChI is InChI=1S/C20H16N2O/c23-20(16-10-9-14-5-1-2-6-15(14)13-16)18-8-4-3-7-17(18)19-21-11-12-22(19)20/h1-10,13,23H,11-12H2/t20-/m1/s1. The zero-order valence-corrected chi connectivity index (χ0v) is 12.6. The maximum atomic E-state index is 11.7. The highest BCUT2D eigenvalue weighted by molar-refractivity contribution is 6.05. The summed E-state index contributed by atoms with van der Waals surface area (Å²) in [4.78, 5) is 6.63. The summed E-state index contributed by atoms with van der Waals surface area (Å²) in [5.74, 6) is 0.913. The van der Waals surface area contributed by atoms with Gasteiger partial charge >= 0.3 is 0 Å². The van der Waals surface area contributed by atoms with Crippen LogP contribution < -0.4 is 0 Å². The smallest absolute Gasteiger partial charge is 0.193 e. The van der Waals surface area contributed by atoms with Crippen molar-refractivity contribution in [3.63, 3.8) is 0 Å². The summed E-state index contributed by atoms with van der Waals surface area (Å²) in [7, 11) is 0. The van der Waals surface area contributed by atoms with Gasteiger partial charge in [0.15, 0.2) is 5.72 Å². The summed E-state index contributed by atoms with van der Waals surface area (Å²) in [5, 5.41) is 14.0. The molecule has 3 aromatic carbocycles. The number of rotatable bonds is 1. The molecule has 0 unspecified atom stereocenters. The Hall–Kier alpha value is -2.65. The van der Waals surface area contributed by atoms with Gasteiger partial charge in [-0.25, -0.2) is 0 Å². The lowest BCUT2D eigenvalue weighted by Crippen LogP contribution is -2.43. The minimum absolute atomic E-state index is 0.736. The zero-order chi connectivity index (χ0) is 15.4. The van der Waals surface area contributed by atoms with E-state index in [1.54, 1.807) is 0 Å². The van der Waals surface area contributed by atoms with Crippen molar-refractivity contribution in [3.8, 4) is 0 Å². The molecule has 0 spiro atoms. The van der Waals surface area contributed by atoms with Gasteiger partial charge in [-0.15, -0.1) is 0 Å². The second kappa shape index (κ2) is 4.43. The van der Waals surface area contributed by atoms with Crippen LogP contribution in [-0.4, -0.2) is 28.9 Å². The topological polar surface area (TPSA) is 35.8 Å². The largest absolute Gasteiger partial charge is 0.363 e. The van der Waals surface area contributed by atoms with Crippen molar-refractivity contribution in [2.45, 2.75) is 5.72 Å². The third-order valence-electron chi connectivity index (χ3n) is 4.93. The molecule has 0 aliphatic carbocycles. The average Bonchev–Trinajstić information content (AvgIpc) is 3.18. The van der Waals surface area contributed by atoms with Crippen molar-refractivity contribution in [2.75, 3.05) is 13.1 Å². The predicted octanol–water partition coefficient (Wildman–Crippen LogP) is 3.11. The molecule has 1 N–H and O–H groups in total. The number of benzene rings is 3. The normalized spacial score (nSPS) is 22.1. The Kier molecular flexibility index (Phi) is 2.48. The summed E-state index contributed by atoms with van der Waals surface area (Å²) < 4.78 is 0. The van der Waals surface area contributed by atoms with E-state index in [0.717, 1.165) is 41.0 Å². The first-order valence-electron chi connectivity index (χ1n) is 7.92. The molecule has 1 atom stereocenters. The number of fused-ring (bicyclic) bond motifs is 4. The van der Waals surface area contributed by atoms with Crippen LogP contribution >= 0.6 is 0 Å². The number of nitrogens with zero attached hydrogens (tertiary/aromatic N) is 2. The van der Waals surface area contributed by atoms with Crippen LogP contribution in [0.5, 0.6) is 0 Å². The van der Waals surface area contributed by atoms with E-state index in [0.29, 0.717) is 0 Å². The Morgan fingerprint density at radius 1 is 0.913 bits per heavy atom. The molecule has 3 heteroatoms. The van der Waals surface area contributed by atoms with Gasteiger partial charge in [-0.05, 0) is 16.8 Å². The third kappa shape index (κ3) is 1.60. The van der Waals surface area contributed by atoms with E-state index in [-0.39, 0.29) is 0 Å². The van der Waals surface area contributed by atoms with E-state index >= 15 is 0 Å². The molecule has 3 nitrogen and oxygen atoms in total. The van der Waals surface area contributed by atoms with E-state index in [9.17, 15) is 5.11 Å². The minimum atomic E-state index is -1.13. The van der Waals surface area contributed by atoms with Gasteiger partial charge < -0.3 is 10.0 Å². The van der Waals surface area contributed by atoms with Gasteiger partial charge in [-0.1, -0.05) is 60.7 Å². The van der Waals surface area contributed by atoms with Crippen molar-refractivity contribution < 1.29 is 5.11 Å². The number of hydrogen-bond acceptors (Lipinski definition) is 3. The van der Waals surface area contributed by atoms with Crippen LogP contribution in [0.3, 0.4) is 0 Å². The molecule has 2 aliphatic rings. The van der Waals surface area contributed by atoms with Gasteiger partial charge in [0.25, 0.3) is 0 Å². The molecule has 0 fully saturated rings. The van der Waals surface area contributed by atoms with E-state index in [1.807, 2.05) is 47.4 Å². The van der Waals surface area contributed by atoms with Crippen molar-refractivity contribution in [1.29, 1.82) is 0 Å². The quantitative estimate of drug-likeness (QED) is 0.749. The summed E-state index contributed by atoms with van der Waals surface area (Å²) in [5.41, 5.74) is 1.74. The van der Waals surface area contributed by atoms with Crippen molar-refractivity contribution in [1.82, 2.24) is 4.90 Å². The fourth-order valence-electron chi connectivity index (χ4n) is 3.84. The van der Waals surface area contributed by atoms with Crippen molar-refractivity contribution in [3.05, 3.63) is 83.4 Å². The summed E-state index contributed by atoms with van der Waals surface area (Å²) in [6.45, 7) is 1.48. The molecular weight excluding hydrogens is 284 g/mol. The molecule has 23 heavy (non-hydrogen) atoms. The van der Waals surface area contributed by atoms with Gasteiger partial charge in [-0.2, -0.15) is 0 Å². The molecule has 0 amide bonds. The Bertz CT molecular complexity index is 963. The van der Waals surface area contributed by atoms with Gasteiger partial charge in [0.1, 0.15) is 5.84 Å². The third-order valence-corrected chi connectivity index (χ3v) is 4.93. The summed E-state index contributed by atoms with van der Waals surface area (Å²) >= 11 is 0. The Labute approximate surface area is 134 Å². The van der Waals surface area contributed by atoms with Crippen LogP contribution in [0, 0.1) is 0 Å². The van der Waals surface area contributed by atoms with Crippen molar-refractivity contribution >= 4 is 16.6 Å². The van der Waals surface area contributed by atoms with E-state index in [1.165, 1.54) is 5.39 Å². The lowest BCUT2D eigenvalue weighted by atomic mass is 9.92. The highest BCUT2D eigenvalue weighted by Gasteiger charge is 2.49. The van der Waals surface area contributed by atoms with Gasteiger partial charge in [-0.3, -0.25) is 4.99 Å². The van der Waals surface area contributed by atoms with Gasteiger partial charge in [0, 0.05) is 23.2 Å². The monoisotopic (exact) mass is 300 g/mol. The average molecular weight is 300 g/mol. The molecule has 5 rings (SSSR count). The fourth-order valence-corrected chi connectivity index (χ4v) is 3.84. The molecule has 2 aliphatic heterocycles. The fraction of sp³-hybridized carbons (Fsp3) is 0.150. The van der Waals surface area contributed by atoms with Crippen LogP contribution in [0.15, 0.2) is 71.7 Å². The lowest BCUT2D eigenvalue weighted by molar-refractivity contribution is -0.0241. The Balaban J connectivity index is 1.78. The number of hydrogen-bond donors (Lipinski definition) is 1. The van der Waals surface area contributed by atoms with Gasteiger partial charge in [0.2, 0.25) is 0 Å². The minimum Gasteiger partial charge on any atom is -0.363 e. The van der Waals surface area contributed by atoms with Crippen LogP contribution in [-0.2, 0) is 5.72 Å². The lowest BCUT2D eigenvalue weighted by Gasteiger charge is -2.34. The van der Waals surface area contributed by atoms with Crippen LogP contribution in [0.2, 0.25) is 0 Å². The Morgan fingerprint density at radius 2 is 1.70 bits per heavy atom. The number of aliphatic imine (C=N–C) groups is 1. The highest BCUT2D eigenvalue weighted by atomic mass is 16.3. The summed E-state index contributed by atoms with van der Waals surface area (Å²) in [6, 6.07) is 22.5. The van der Waals surface area contributed by atoms with E-state index in [2.05, 4.69) is 29.3 Å². The maximum absolute atomic E-state index is 11.7. The highest BCUT2D eigenvalue weighted by Crippen LogP contribution is 2.44. The molecule has 0 aromatic heterocycles. The number of amidine groups is 1. The SMILES string of the molecule is O[C@]1(c2ccc3ccccc3c2)c2ccccc2C2=NCCN21. The molecular formula is C20H16N2O. The molecule has 0 bridgehead atoms. The van der Waals surface area contributed by atoms with E-state index < -0.39 is 5.72 Å². The van der Waals surface area contributed by atoms with Crippen LogP contribution in [0.25, 0.3) is 10.8 Å². The summed E-state index contributed by atoms with van der Waals surface area (Å²) in [6.07, 6.45) is 0. The maximum Gasteiger partial charge on any atom is 0.193 e. The van der Waals surface area contributed by atoms with Crippen LogP contribution in [0.4, 0.5) is 0 Å². The molecule has 112 valence electrons. The number of aliphatic hydroxyl groups is 1. The molecule has 0 radical (unpaired) electrons. The Morgan fingerprint density at radius 3 is 2.61 bits per heavy atom. The van der Waals surface area contributed by atoms with Crippen LogP contribution in [0.1, 0.15) is 16.7 Å². The second-order valence-electron chi connectivity index (χ2n) is 6.14. The molecule has 0 saturated carbocycles. The van der Waals surface area contributed by atoms with E-state index in [4.69, 9.17) is 0 Å². The molecule has 0 saturated heterocycles. The van der Waals surface area contributed by atoms with Crippen molar-refractivity contribution in [2.24, 2.45) is 4.99 Å². The predicted molar refractivity (Wildman–Crippen MR) is 91.5 cm³/mol. The van der Waals surface area contributed by atoms with Gasteiger partial charge in [0.05, 0.1) is 6.54 Å². The molecule has 3 aromatic rings. The molecule has 2 heterocycles. The first-order chi connectivity index (χ1) is 11.3.